The van der Waals surface area contributed by atoms with Gasteiger partial charge in [-0.2, -0.15) is 23.1 Å². The largest absolute Gasteiger partial charge is 0.477 e. The number of nitrogen functional groups attached to an aromatic ring is 1. The summed E-state index contributed by atoms with van der Waals surface area (Å²) in [6.07, 6.45) is -0.254. The Bertz CT molecular complexity index is 1710. The van der Waals surface area contributed by atoms with Gasteiger partial charge in [0.2, 0.25) is 5.88 Å². The monoisotopic (exact) mass is 695 g/mol. The average molecular weight is 696 g/mol. The Kier molecular flexibility index (Phi) is 8.72. The number of hydrogen-bond donors (Lipinski definition) is 1. The van der Waals surface area contributed by atoms with E-state index in [-0.39, 0.29) is 53.7 Å². The minimum atomic E-state index is -4.94. The van der Waals surface area contributed by atoms with E-state index in [9.17, 15) is 17.6 Å². The van der Waals surface area contributed by atoms with Crippen molar-refractivity contribution >= 4 is 34.0 Å². The Morgan fingerprint density at radius 3 is 2.71 bits per heavy atom. The van der Waals surface area contributed by atoms with Crippen molar-refractivity contribution in [2.45, 2.75) is 68.9 Å². The molecule has 4 aliphatic rings. The normalized spacial score (nSPS) is 25.9. The number of rotatable bonds is 7. The van der Waals surface area contributed by atoms with Crippen molar-refractivity contribution in [3.05, 3.63) is 28.5 Å². The summed E-state index contributed by atoms with van der Waals surface area (Å²) in [6, 6.07) is 1.84. The highest BCUT2D eigenvalue weighted by Crippen LogP contribution is 2.47. The van der Waals surface area contributed by atoms with Crippen LogP contribution in [0.5, 0.6) is 11.9 Å². The number of anilines is 2. The summed E-state index contributed by atoms with van der Waals surface area (Å²) in [5.41, 5.74) is 2.47. The number of alkyl halides is 4. The van der Waals surface area contributed by atoms with Gasteiger partial charge in [0.25, 0.3) is 0 Å². The van der Waals surface area contributed by atoms with E-state index in [1.807, 2.05) is 19.0 Å². The maximum atomic E-state index is 16.9. The molecule has 48 heavy (non-hydrogen) atoms. The summed E-state index contributed by atoms with van der Waals surface area (Å²) in [7, 11) is 3.91. The average Bonchev–Trinajstić information content (AvgIpc) is 3.54. The molecule has 7 rings (SSSR count). The molecule has 15 heteroatoms. The molecule has 2 aromatic heterocycles. The Balaban J connectivity index is 1.44. The first kappa shape index (κ1) is 33.3. The van der Waals surface area contributed by atoms with Gasteiger partial charge in [-0.25, -0.2) is 13.8 Å². The van der Waals surface area contributed by atoms with Gasteiger partial charge in [-0.1, -0.05) is 24.4 Å². The Morgan fingerprint density at radius 1 is 1.15 bits per heavy atom. The van der Waals surface area contributed by atoms with E-state index in [4.69, 9.17) is 31.8 Å². The van der Waals surface area contributed by atoms with Crippen LogP contribution in [0.1, 0.15) is 50.5 Å². The van der Waals surface area contributed by atoms with Crippen molar-refractivity contribution < 1.29 is 31.4 Å². The molecule has 2 saturated heterocycles. The lowest BCUT2D eigenvalue weighted by atomic mass is 9.83. The van der Waals surface area contributed by atoms with Gasteiger partial charge in [0.15, 0.2) is 5.82 Å². The molecule has 3 aromatic rings. The third-order valence-corrected chi connectivity index (χ3v) is 10.7. The number of hydrogen-bond acceptors (Lipinski definition) is 9. The molecule has 0 bridgehead atoms. The molecule has 1 aliphatic carbocycles. The SMILES string of the molecule is CN(C)CCN1c2nc(OC[C@@]34CCCN3C[C@H](F)C4)nc3c(F)c(-c4cc(N)cc(Cl)c4C(F)(F)F)nc(c23)OCC2CCCCC21. The van der Waals surface area contributed by atoms with Crippen LogP contribution in [0.3, 0.4) is 0 Å². The smallest absolute Gasteiger partial charge is 0.418 e. The van der Waals surface area contributed by atoms with E-state index in [0.29, 0.717) is 31.9 Å². The molecule has 2 N–H and O–H groups in total. The van der Waals surface area contributed by atoms with Crippen molar-refractivity contribution in [1.82, 2.24) is 24.8 Å². The molecular weight excluding hydrogens is 657 g/mol. The molecule has 5 heterocycles. The Hall–Kier alpha value is -3.23. The second-order valence-corrected chi connectivity index (χ2v) is 14.2. The van der Waals surface area contributed by atoms with E-state index in [1.54, 1.807) is 0 Å². The van der Waals surface area contributed by atoms with Crippen molar-refractivity contribution in [2.75, 3.05) is 64.1 Å². The third kappa shape index (κ3) is 5.97. The number of fused-ring (bicyclic) bond motifs is 2. The second-order valence-electron chi connectivity index (χ2n) is 13.8. The predicted octanol–water partition coefficient (Wildman–Crippen LogP) is 6.36. The highest BCUT2D eigenvalue weighted by Gasteiger charge is 2.49. The number of nitrogens with zero attached hydrogens (tertiary/aromatic N) is 6. The number of halogens is 6. The third-order valence-electron chi connectivity index (χ3n) is 10.4. The van der Waals surface area contributed by atoms with Crippen LogP contribution in [-0.4, -0.2) is 96.0 Å². The molecule has 3 aliphatic heterocycles. The molecule has 2 unspecified atom stereocenters. The van der Waals surface area contributed by atoms with Crippen LogP contribution < -0.4 is 20.1 Å². The van der Waals surface area contributed by atoms with Crippen LogP contribution in [0, 0.1) is 11.7 Å². The molecule has 9 nitrogen and oxygen atoms in total. The summed E-state index contributed by atoms with van der Waals surface area (Å²) < 4.78 is 87.1. The minimum Gasteiger partial charge on any atom is -0.477 e. The number of benzene rings is 1. The highest BCUT2D eigenvalue weighted by atomic mass is 35.5. The zero-order chi connectivity index (χ0) is 34.0. The van der Waals surface area contributed by atoms with Gasteiger partial charge in [-0.15, -0.1) is 0 Å². The van der Waals surface area contributed by atoms with Gasteiger partial charge in [0, 0.05) is 49.3 Å². The van der Waals surface area contributed by atoms with Gasteiger partial charge in [-0.05, 0) is 58.5 Å². The molecule has 1 saturated carbocycles. The van der Waals surface area contributed by atoms with Crippen LogP contribution in [-0.2, 0) is 6.18 Å². The molecule has 1 aromatic carbocycles. The van der Waals surface area contributed by atoms with Gasteiger partial charge < -0.3 is 25.0 Å². The van der Waals surface area contributed by atoms with Crippen LogP contribution in [0.4, 0.5) is 33.5 Å². The molecule has 0 radical (unpaired) electrons. The minimum absolute atomic E-state index is 0.0103. The number of pyridine rings is 1. The zero-order valence-electron chi connectivity index (χ0n) is 26.9. The number of ether oxygens (including phenoxy) is 2. The van der Waals surface area contributed by atoms with Gasteiger partial charge in [-0.3, -0.25) is 4.90 Å². The van der Waals surface area contributed by atoms with Crippen molar-refractivity contribution in [3.8, 4) is 23.1 Å². The first-order chi connectivity index (χ1) is 22.8. The number of nitrogens with two attached hydrogens (primary N) is 1. The maximum absolute atomic E-state index is 16.9. The zero-order valence-corrected chi connectivity index (χ0v) is 27.7. The highest BCUT2D eigenvalue weighted by molar-refractivity contribution is 6.32. The van der Waals surface area contributed by atoms with E-state index < -0.39 is 45.5 Å². The van der Waals surface area contributed by atoms with Crippen LogP contribution in [0.2, 0.25) is 5.02 Å². The van der Waals surface area contributed by atoms with Crippen LogP contribution in [0.25, 0.3) is 22.2 Å². The van der Waals surface area contributed by atoms with Crippen molar-refractivity contribution in [2.24, 2.45) is 5.92 Å². The number of aromatic nitrogens is 3. The van der Waals surface area contributed by atoms with Crippen molar-refractivity contribution in [1.29, 1.82) is 0 Å². The molecule has 0 spiro atoms. The van der Waals surface area contributed by atoms with Gasteiger partial charge in [0.05, 0.1) is 22.7 Å². The molecule has 4 atom stereocenters. The first-order valence-electron chi connectivity index (χ1n) is 16.5. The summed E-state index contributed by atoms with van der Waals surface area (Å²) in [6.45, 7) is 2.59. The fourth-order valence-corrected chi connectivity index (χ4v) is 8.46. The van der Waals surface area contributed by atoms with E-state index in [1.165, 1.54) is 0 Å². The quantitative estimate of drug-likeness (QED) is 0.224. The van der Waals surface area contributed by atoms with E-state index >= 15 is 4.39 Å². The molecular formula is C33H39ClF5N7O2. The lowest BCUT2D eigenvalue weighted by Crippen LogP contribution is -2.48. The molecule has 260 valence electrons. The van der Waals surface area contributed by atoms with Gasteiger partial charge >= 0.3 is 12.2 Å². The van der Waals surface area contributed by atoms with E-state index in [0.717, 1.165) is 57.2 Å². The maximum Gasteiger partial charge on any atom is 0.418 e. The lowest BCUT2D eigenvalue weighted by molar-refractivity contribution is -0.137. The van der Waals surface area contributed by atoms with Crippen molar-refractivity contribution in [3.63, 3.8) is 0 Å². The first-order valence-corrected chi connectivity index (χ1v) is 16.9. The fourth-order valence-electron chi connectivity index (χ4n) is 8.12. The van der Waals surface area contributed by atoms with E-state index in [2.05, 4.69) is 19.8 Å². The van der Waals surface area contributed by atoms with Gasteiger partial charge in [0.1, 0.15) is 35.2 Å². The second kappa shape index (κ2) is 12.6. The Labute approximate surface area is 280 Å². The number of likely N-dealkylation sites (N-methyl/N-ethyl adjacent to an activating group) is 1. The predicted molar refractivity (Wildman–Crippen MR) is 173 cm³/mol. The van der Waals surface area contributed by atoms with Crippen LogP contribution >= 0.6 is 11.6 Å². The summed E-state index contributed by atoms with van der Waals surface area (Å²) in [4.78, 5) is 20.0. The van der Waals surface area contributed by atoms with Crippen LogP contribution in [0.15, 0.2) is 12.1 Å². The lowest BCUT2D eigenvalue weighted by Gasteiger charge is -2.42. The fraction of sp³-hybridized carbons (Fsp3) is 0.606. The standard InChI is InChI=1S/C33H39ClF5N7O2/c1-44(2)10-11-46-23-7-4-3-6-18(23)16-47-30-24-28(26(36)27(41-30)21-12-20(40)13-22(34)25(21)33(37,38)39)42-31(43-29(24)46)48-17-32-8-5-9-45(32)15-19(35)14-32/h12-13,18-19,23H,3-11,14-17,40H2,1-2H3/t18?,19-,23?,32+/m1/s1. The summed E-state index contributed by atoms with van der Waals surface area (Å²) in [5.74, 6) is -0.780. The molecule has 3 fully saturated rings. The molecule has 0 amide bonds. The topological polar surface area (TPSA) is 92.9 Å². The summed E-state index contributed by atoms with van der Waals surface area (Å²) in [5, 5.41) is -0.530. The Morgan fingerprint density at radius 2 is 1.94 bits per heavy atom. The summed E-state index contributed by atoms with van der Waals surface area (Å²) >= 11 is 6.07.